The molecule has 2 aromatic rings. The maximum Gasteiger partial charge on any atom is 0.278 e. The van der Waals surface area contributed by atoms with Crippen molar-refractivity contribution in [2.45, 2.75) is 6.10 Å². The van der Waals surface area contributed by atoms with Crippen LogP contribution in [0.3, 0.4) is 0 Å². The van der Waals surface area contributed by atoms with Gasteiger partial charge in [0.1, 0.15) is 17.4 Å². The summed E-state index contributed by atoms with van der Waals surface area (Å²) >= 11 is 0. The summed E-state index contributed by atoms with van der Waals surface area (Å²) in [5.41, 5.74) is 1.05. The normalized spacial score (nSPS) is 21.0. The molecular formula is C19H15FN2O5. The Hall–Kier alpha value is -3.42. The summed E-state index contributed by atoms with van der Waals surface area (Å²) in [6.07, 6.45) is -1.07. The third-order valence-electron chi connectivity index (χ3n) is 4.56. The van der Waals surface area contributed by atoms with Crippen LogP contribution < -0.4 is 14.4 Å². The van der Waals surface area contributed by atoms with Crippen LogP contribution in [0.25, 0.3) is 0 Å². The van der Waals surface area contributed by atoms with E-state index in [-0.39, 0.29) is 5.69 Å². The van der Waals surface area contributed by atoms with Gasteiger partial charge >= 0.3 is 0 Å². The molecule has 27 heavy (non-hydrogen) atoms. The number of anilines is 1. The largest absolute Gasteiger partial charge is 0.493 e. The third kappa shape index (κ3) is 2.61. The first-order valence-electron chi connectivity index (χ1n) is 8.14. The van der Waals surface area contributed by atoms with E-state index in [1.807, 2.05) is 0 Å². The van der Waals surface area contributed by atoms with Gasteiger partial charge in [0.2, 0.25) is 12.0 Å². The van der Waals surface area contributed by atoms with Crippen molar-refractivity contribution in [2.24, 2.45) is 11.1 Å². The van der Waals surface area contributed by atoms with Gasteiger partial charge in [-0.2, -0.15) is 0 Å². The van der Waals surface area contributed by atoms with Gasteiger partial charge in [-0.3, -0.25) is 9.59 Å². The number of methoxy groups -OCH3 is 2. The van der Waals surface area contributed by atoms with E-state index in [0.717, 1.165) is 11.0 Å². The van der Waals surface area contributed by atoms with Crippen LogP contribution in [0, 0.1) is 11.7 Å². The van der Waals surface area contributed by atoms with Crippen LogP contribution in [0.2, 0.25) is 0 Å². The van der Waals surface area contributed by atoms with Crippen molar-refractivity contribution < 1.29 is 28.3 Å². The lowest BCUT2D eigenvalue weighted by molar-refractivity contribution is -0.126. The Labute approximate surface area is 153 Å². The Morgan fingerprint density at radius 3 is 2.52 bits per heavy atom. The fraction of sp³-hybridized carbons (Fsp3) is 0.211. The summed E-state index contributed by atoms with van der Waals surface area (Å²) in [6.45, 7) is 0. The van der Waals surface area contributed by atoms with E-state index in [1.54, 1.807) is 18.2 Å². The van der Waals surface area contributed by atoms with Gasteiger partial charge in [0.05, 0.1) is 19.9 Å². The number of amides is 2. The minimum absolute atomic E-state index is 0.162. The summed E-state index contributed by atoms with van der Waals surface area (Å²) < 4.78 is 24.0. The molecule has 138 valence electrons. The van der Waals surface area contributed by atoms with E-state index in [9.17, 15) is 14.0 Å². The number of carbonyl (C=O) groups is 2. The van der Waals surface area contributed by atoms with Gasteiger partial charge in [-0.15, -0.1) is 0 Å². The molecule has 0 bridgehead atoms. The van der Waals surface area contributed by atoms with Gasteiger partial charge in [0, 0.05) is 5.56 Å². The lowest BCUT2D eigenvalue weighted by Crippen LogP contribution is -2.33. The van der Waals surface area contributed by atoms with E-state index in [0.29, 0.717) is 22.8 Å². The number of benzene rings is 2. The number of carbonyl (C=O) groups excluding carboxylic acids is 2. The Kier molecular flexibility index (Phi) is 4.02. The van der Waals surface area contributed by atoms with Crippen LogP contribution in [0.5, 0.6) is 11.5 Å². The van der Waals surface area contributed by atoms with E-state index < -0.39 is 29.7 Å². The van der Waals surface area contributed by atoms with Crippen molar-refractivity contribution in [1.29, 1.82) is 0 Å². The molecule has 2 aliphatic heterocycles. The highest BCUT2D eigenvalue weighted by atomic mass is 19.1. The molecule has 0 aliphatic carbocycles. The number of hydrogen-bond donors (Lipinski definition) is 0. The van der Waals surface area contributed by atoms with Crippen LogP contribution in [0.15, 0.2) is 47.6 Å². The summed E-state index contributed by atoms with van der Waals surface area (Å²) in [5, 5.41) is 3.95. The molecule has 2 aliphatic rings. The fourth-order valence-electron chi connectivity index (χ4n) is 3.28. The maximum absolute atomic E-state index is 13.5. The molecule has 2 heterocycles. The van der Waals surface area contributed by atoms with Gasteiger partial charge in [0.25, 0.3) is 5.91 Å². The second-order valence-electron chi connectivity index (χ2n) is 6.04. The summed E-state index contributed by atoms with van der Waals surface area (Å²) in [4.78, 5) is 31.8. The van der Waals surface area contributed by atoms with Crippen molar-refractivity contribution in [2.75, 3.05) is 19.1 Å². The fourth-order valence-corrected chi connectivity index (χ4v) is 3.28. The molecule has 0 spiro atoms. The van der Waals surface area contributed by atoms with Crippen molar-refractivity contribution in [3.63, 3.8) is 0 Å². The number of halogens is 1. The number of oxime groups is 1. The van der Waals surface area contributed by atoms with Crippen molar-refractivity contribution in [3.8, 4) is 11.5 Å². The second kappa shape index (κ2) is 6.39. The summed E-state index contributed by atoms with van der Waals surface area (Å²) in [6, 6.07) is 10.3. The number of ether oxygens (including phenoxy) is 2. The summed E-state index contributed by atoms with van der Waals surface area (Å²) in [5.74, 6) is -1.55. The average Bonchev–Trinajstić information content (AvgIpc) is 3.21. The van der Waals surface area contributed by atoms with Gasteiger partial charge < -0.3 is 14.3 Å². The number of nitrogens with zero attached hydrogens (tertiary/aromatic N) is 2. The van der Waals surface area contributed by atoms with Gasteiger partial charge in [0.15, 0.2) is 11.5 Å². The molecule has 8 heteroatoms. The average molecular weight is 370 g/mol. The zero-order valence-corrected chi connectivity index (χ0v) is 14.5. The lowest BCUT2D eigenvalue weighted by Gasteiger charge is -2.15. The third-order valence-corrected chi connectivity index (χ3v) is 4.56. The standard InChI is InChI=1S/C19H15FN2O5/c1-25-13-7-6-10(8-14(13)26-2)16-15-17(27-21-16)19(24)22(18(15)23)12-5-3-4-11(20)9-12/h3-9,15,17H,1-2H3/t15-,17+/m0/s1. The van der Waals surface area contributed by atoms with Crippen LogP contribution in [0.4, 0.5) is 10.1 Å². The SMILES string of the molecule is COc1ccc(C2=NO[C@H]3C(=O)N(c4cccc(F)c4)C(=O)[C@@H]23)cc1OC. The predicted molar refractivity (Wildman–Crippen MR) is 93.3 cm³/mol. The number of rotatable bonds is 4. The molecule has 1 fully saturated rings. The van der Waals surface area contributed by atoms with Crippen LogP contribution in [0.1, 0.15) is 5.56 Å². The molecule has 4 rings (SSSR count). The lowest BCUT2D eigenvalue weighted by atomic mass is 9.94. The molecule has 2 amide bonds. The van der Waals surface area contributed by atoms with E-state index in [4.69, 9.17) is 14.3 Å². The topological polar surface area (TPSA) is 77.4 Å². The van der Waals surface area contributed by atoms with Crippen molar-refractivity contribution >= 4 is 23.2 Å². The Morgan fingerprint density at radius 2 is 1.81 bits per heavy atom. The molecule has 0 radical (unpaired) electrons. The predicted octanol–water partition coefficient (Wildman–Crippen LogP) is 2.14. The minimum atomic E-state index is -1.07. The van der Waals surface area contributed by atoms with Crippen LogP contribution in [-0.2, 0) is 14.4 Å². The van der Waals surface area contributed by atoms with Gasteiger partial charge in [-0.1, -0.05) is 11.2 Å². The van der Waals surface area contributed by atoms with Crippen LogP contribution in [-0.4, -0.2) is 37.8 Å². The highest BCUT2D eigenvalue weighted by Crippen LogP contribution is 2.37. The zero-order valence-electron chi connectivity index (χ0n) is 14.5. The molecule has 1 saturated heterocycles. The first kappa shape index (κ1) is 17.0. The quantitative estimate of drug-likeness (QED) is 0.771. The Balaban J connectivity index is 1.70. The monoisotopic (exact) mass is 370 g/mol. The number of hydrogen-bond acceptors (Lipinski definition) is 6. The molecule has 0 unspecified atom stereocenters. The molecule has 0 saturated carbocycles. The summed E-state index contributed by atoms with van der Waals surface area (Å²) in [7, 11) is 3.01. The van der Waals surface area contributed by atoms with E-state index in [1.165, 1.54) is 32.4 Å². The van der Waals surface area contributed by atoms with Crippen molar-refractivity contribution in [3.05, 3.63) is 53.8 Å². The molecule has 0 N–H and O–H groups in total. The highest BCUT2D eigenvalue weighted by molar-refractivity contribution is 6.32. The first-order chi connectivity index (χ1) is 13.0. The van der Waals surface area contributed by atoms with E-state index >= 15 is 0 Å². The second-order valence-corrected chi connectivity index (χ2v) is 6.04. The highest BCUT2D eigenvalue weighted by Gasteiger charge is 2.56. The van der Waals surface area contributed by atoms with Crippen LogP contribution >= 0.6 is 0 Å². The smallest absolute Gasteiger partial charge is 0.278 e. The van der Waals surface area contributed by atoms with Crippen molar-refractivity contribution in [1.82, 2.24) is 0 Å². The number of fused-ring (bicyclic) bond motifs is 1. The van der Waals surface area contributed by atoms with E-state index in [2.05, 4.69) is 5.16 Å². The van der Waals surface area contributed by atoms with Gasteiger partial charge in [-0.25, -0.2) is 9.29 Å². The molecular weight excluding hydrogens is 355 g/mol. The number of imide groups is 1. The zero-order chi connectivity index (χ0) is 19.1. The minimum Gasteiger partial charge on any atom is -0.493 e. The van der Waals surface area contributed by atoms with Gasteiger partial charge in [-0.05, 0) is 36.4 Å². The molecule has 2 aromatic carbocycles. The maximum atomic E-state index is 13.5. The Bertz CT molecular complexity index is 974. The first-order valence-corrected chi connectivity index (χ1v) is 8.14. The molecule has 0 aromatic heterocycles. The Morgan fingerprint density at radius 1 is 1.04 bits per heavy atom. The molecule has 7 nitrogen and oxygen atoms in total. The molecule has 2 atom stereocenters.